The number of hydrogen-bond acceptors (Lipinski definition) is 6. The number of carbonyl (C=O) groups excluding carboxylic acids is 3. The Morgan fingerprint density at radius 1 is 1.12 bits per heavy atom. The molecule has 0 aromatic heterocycles. The van der Waals surface area contributed by atoms with Gasteiger partial charge >= 0.3 is 11.9 Å². The summed E-state index contributed by atoms with van der Waals surface area (Å²) >= 11 is 2.99. The first kappa shape index (κ1) is 20.3. The third kappa shape index (κ3) is 6.41. The third-order valence-electron chi connectivity index (χ3n) is 2.99. The van der Waals surface area contributed by atoms with Gasteiger partial charge in [0.15, 0.2) is 5.78 Å². The number of halogens is 1. The second-order valence-electron chi connectivity index (χ2n) is 6.23. The van der Waals surface area contributed by atoms with Gasteiger partial charge in [0, 0.05) is 0 Å². The Hall–Kier alpha value is -1.73. The van der Waals surface area contributed by atoms with Crippen LogP contribution in [-0.2, 0) is 30.5 Å². The topological polar surface area (TPSA) is 95.7 Å². The van der Waals surface area contributed by atoms with Gasteiger partial charge in [-0.3, -0.25) is 14.4 Å². The average Bonchev–Trinajstić information content (AvgIpc) is 2.52. The molecule has 0 fully saturated rings. The Kier molecular flexibility index (Phi) is 7.57. The molecule has 7 heteroatoms. The highest BCUT2D eigenvalue weighted by molar-refractivity contribution is 9.09. The summed E-state index contributed by atoms with van der Waals surface area (Å²) in [6, 6.07) is 7.58. The molecule has 0 saturated heterocycles. The molecule has 1 unspecified atom stereocenters. The molecule has 132 valence electrons. The normalized spacial score (nSPS) is 13.7. The van der Waals surface area contributed by atoms with Gasteiger partial charge in [-0.2, -0.15) is 0 Å². The first-order valence-corrected chi connectivity index (χ1v) is 8.55. The van der Waals surface area contributed by atoms with Gasteiger partial charge in [-0.1, -0.05) is 46.3 Å². The molecule has 0 aliphatic carbocycles. The summed E-state index contributed by atoms with van der Waals surface area (Å²) in [5.41, 5.74) is 5.79. The van der Waals surface area contributed by atoms with Crippen LogP contribution >= 0.6 is 15.9 Å². The van der Waals surface area contributed by atoms with Crippen molar-refractivity contribution < 1.29 is 23.9 Å². The number of hydrogen-bond donors (Lipinski definition) is 1. The second kappa shape index (κ2) is 8.94. The van der Waals surface area contributed by atoms with E-state index in [9.17, 15) is 14.4 Å². The Balaban J connectivity index is 2.82. The van der Waals surface area contributed by atoms with Gasteiger partial charge in [0.2, 0.25) is 0 Å². The fourth-order valence-electron chi connectivity index (χ4n) is 1.89. The molecule has 0 radical (unpaired) electrons. The van der Waals surface area contributed by atoms with Crippen molar-refractivity contribution in [2.45, 2.75) is 39.0 Å². The fraction of sp³-hybridized carbons (Fsp3) is 0.471. The fourth-order valence-corrected chi connectivity index (χ4v) is 2.23. The van der Waals surface area contributed by atoms with Crippen molar-refractivity contribution in [3.63, 3.8) is 0 Å². The van der Waals surface area contributed by atoms with Crippen LogP contribution in [0.25, 0.3) is 0 Å². The van der Waals surface area contributed by atoms with Crippen molar-refractivity contribution in [3.05, 3.63) is 35.9 Å². The molecule has 1 rings (SSSR count). The number of alkyl halides is 1. The first-order valence-electron chi connectivity index (χ1n) is 7.43. The number of esters is 2. The van der Waals surface area contributed by atoms with E-state index in [2.05, 4.69) is 15.9 Å². The van der Waals surface area contributed by atoms with E-state index in [1.165, 1.54) is 0 Å². The van der Waals surface area contributed by atoms with Crippen LogP contribution in [0.15, 0.2) is 30.3 Å². The van der Waals surface area contributed by atoms with Crippen LogP contribution in [0, 0.1) is 5.92 Å². The lowest BCUT2D eigenvalue weighted by Gasteiger charge is -2.25. The summed E-state index contributed by atoms with van der Waals surface area (Å²) in [6.07, 6.45) is 0. The van der Waals surface area contributed by atoms with E-state index in [0.29, 0.717) is 0 Å². The van der Waals surface area contributed by atoms with Crippen LogP contribution in [0.3, 0.4) is 0 Å². The molecule has 0 heterocycles. The zero-order valence-electron chi connectivity index (χ0n) is 14.0. The van der Waals surface area contributed by atoms with E-state index in [1.54, 1.807) is 45.0 Å². The minimum atomic E-state index is -1.42. The Morgan fingerprint density at radius 2 is 1.71 bits per heavy atom. The van der Waals surface area contributed by atoms with Gasteiger partial charge in [0.1, 0.15) is 24.2 Å². The maximum Gasteiger partial charge on any atom is 0.324 e. The summed E-state index contributed by atoms with van der Waals surface area (Å²) in [6.45, 7) is 5.01. The Bertz CT molecular complexity index is 582. The summed E-state index contributed by atoms with van der Waals surface area (Å²) in [5.74, 6) is -3.62. The van der Waals surface area contributed by atoms with Crippen LogP contribution in [0.5, 0.6) is 0 Å². The number of benzene rings is 1. The van der Waals surface area contributed by atoms with Gasteiger partial charge in [-0.25, -0.2) is 0 Å². The molecule has 1 aromatic carbocycles. The summed E-state index contributed by atoms with van der Waals surface area (Å²) < 4.78 is 10.3. The maximum atomic E-state index is 12.3. The highest BCUT2D eigenvalue weighted by atomic mass is 79.9. The quantitative estimate of drug-likeness (QED) is 0.427. The standard InChI is InChI=1S/C17H22BrNO5/c1-17(2,3)24-16(22)14(19)13(12(20)9-18)15(21)23-10-11-7-5-4-6-8-11/h4-8,13-14H,9-10,19H2,1-3H3/t13?,14-/m0/s1. The number of carbonyl (C=O) groups is 3. The average molecular weight is 400 g/mol. The molecule has 24 heavy (non-hydrogen) atoms. The maximum absolute atomic E-state index is 12.3. The molecule has 1 aromatic rings. The second-order valence-corrected chi connectivity index (χ2v) is 6.79. The summed E-state index contributed by atoms with van der Waals surface area (Å²) in [7, 11) is 0. The lowest BCUT2D eigenvalue weighted by atomic mass is 9.96. The summed E-state index contributed by atoms with van der Waals surface area (Å²) in [4.78, 5) is 36.4. The van der Waals surface area contributed by atoms with Gasteiger partial charge in [-0.05, 0) is 26.3 Å². The number of rotatable bonds is 7. The van der Waals surface area contributed by atoms with E-state index in [1.807, 2.05) is 6.07 Å². The number of ether oxygens (including phenoxy) is 2. The SMILES string of the molecule is CC(C)(C)OC(=O)[C@@H](N)C(C(=O)CBr)C(=O)OCc1ccccc1. The highest BCUT2D eigenvalue weighted by Crippen LogP contribution is 2.15. The third-order valence-corrected chi connectivity index (χ3v) is 3.55. The van der Waals surface area contributed by atoms with Crippen molar-refractivity contribution in [2.24, 2.45) is 11.7 Å². The molecule has 0 spiro atoms. The molecule has 0 aliphatic rings. The predicted molar refractivity (Wildman–Crippen MR) is 92.3 cm³/mol. The lowest BCUT2D eigenvalue weighted by Crippen LogP contribution is -2.49. The van der Waals surface area contributed by atoms with Crippen LogP contribution in [-0.4, -0.2) is 34.7 Å². The van der Waals surface area contributed by atoms with E-state index in [-0.39, 0.29) is 11.9 Å². The minimum absolute atomic E-state index is 0.00717. The molecule has 2 atom stereocenters. The lowest BCUT2D eigenvalue weighted by molar-refractivity contribution is -0.166. The van der Waals surface area contributed by atoms with E-state index in [0.717, 1.165) is 5.56 Å². The number of ketones is 1. The monoisotopic (exact) mass is 399 g/mol. The molecule has 0 saturated carbocycles. The van der Waals surface area contributed by atoms with Crippen LogP contribution in [0.4, 0.5) is 0 Å². The van der Waals surface area contributed by atoms with Crippen molar-refractivity contribution in [3.8, 4) is 0 Å². The largest absolute Gasteiger partial charge is 0.460 e. The smallest absolute Gasteiger partial charge is 0.324 e. The van der Waals surface area contributed by atoms with E-state index >= 15 is 0 Å². The van der Waals surface area contributed by atoms with E-state index in [4.69, 9.17) is 15.2 Å². The predicted octanol–water partition coefficient (Wildman–Crippen LogP) is 1.98. The molecular weight excluding hydrogens is 378 g/mol. The van der Waals surface area contributed by atoms with Crippen molar-refractivity contribution in [1.82, 2.24) is 0 Å². The van der Waals surface area contributed by atoms with Gasteiger partial charge in [0.25, 0.3) is 0 Å². The Labute approximate surface area is 149 Å². The summed E-state index contributed by atoms with van der Waals surface area (Å²) in [5, 5.41) is -0.116. The molecule has 0 bridgehead atoms. The zero-order valence-corrected chi connectivity index (χ0v) is 15.5. The van der Waals surface area contributed by atoms with Crippen molar-refractivity contribution >= 4 is 33.7 Å². The van der Waals surface area contributed by atoms with Gasteiger partial charge in [-0.15, -0.1) is 0 Å². The first-order chi connectivity index (χ1) is 11.2. The van der Waals surface area contributed by atoms with Crippen molar-refractivity contribution in [1.29, 1.82) is 0 Å². The molecular formula is C17H22BrNO5. The molecule has 2 N–H and O–H groups in total. The number of nitrogens with two attached hydrogens (primary N) is 1. The minimum Gasteiger partial charge on any atom is -0.460 e. The van der Waals surface area contributed by atoms with Gasteiger partial charge < -0.3 is 15.2 Å². The van der Waals surface area contributed by atoms with Crippen LogP contribution in [0.2, 0.25) is 0 Å². The highest BCUT2D eigenvalue weighted by Gasteiger charge is 2.39. The van der Waals surface area contributed by atoms with Crippen LogP contribution in [0.1, 0.15) is 26.3 Å². The molecule has 6 nitrogen and oxygen atoms in total. The van der Waals surface area contributed by atoms with Gasteiger partial charge in [0.05, 0.1) is 5.33 Å². The van der Waals surface area contributed by atoms with Crippen molar-refractivity contribution in [2.75, 3.05) is 5.33 Å². The van der Waals surface area contributed by atoms with E-state index < -0.39 is 35.3 Å². The zero-order chi connectivity index (χ0) is 18.3. The number of Topliss-reactive ketones (excluding diaryl/α,β-unsaturated/α-hetero) is 1. The molecule has 0 aliphatic heterocycles. The van der Waals surface area contributed by atoms with Crippen LogP contribution < -0.4 is 5.73 Å². The molecule has 0 amide bonds. The Morgan fingerprint density at radius 3 is 2.21 bits per heavy atom.